The summed E-state index contributed by atoms with van der Waals surface area (Å²) in [5.41, 5.74) is 0.705. The molecule has 1 N–H and O–H groups in total. The molecule has 1 aliphatic carbocycles. The molecule has 0 radical (unpaired) electrons. The zero-order valence-electron chi connectivity index (χ0n) is 11.6. The maximum Gasteiger partial charge on any atom is 0.339 e. The van der Waals surface area contributed by atoms with E-state index in [-0.39, 0.29) is 5.56 Å². The van der Waals surface area contributed by atoms with E-state index in [1.807, 2.05) is 7.05 Å². The summed E-state index contributed by atoms with van der Waals surface area (Å²) in [6.45, 7) is 1.72. The van der Waals surface area contributed by atoms with Gasteiger partial charge in [0.15, 0.2) is 0 Å². The molecule has 0 aromatic carbocycles. The van der Waals surface area contributed by atoms with Gasteiger partial charge in [-0.3, -0.25) is 0 Å². The molecule has 104 valence electrons. The highest BCUT2D eigenvalue weighted by Gasteiger charge is 2.20. The van der Waals surface area contributed by atoms with E-state index in [9.17, 15) is 4.79 Å². The number of carbonyl (C=O) groups is 1. The van der Waals surface area contributed by atoms with Crippen molar-refractivity contribution >= 4 is 11.9 Å². The van der Waals surface area contributed by atoms with E-state index in [1.54, 1.807) is 6.92 Å². The summed E-state index contributed by atoms with van der Waals surface area (Å²) in [6, 6.07) is 0.470. The summed E-state index contributed by atoms with van der Waals surface area (Å²) in [5, 5.41) is 8.99. The van der Waals surface area contributed by atoms with Gasteiger partial charge in [-0.25, -0.2) is 14.8 Å². The van der Waals surface area contributed by atoms with Gasteiger partial charge >= 0.3 is 5.97 Å². The number of rotatable bonds is 3. The van der Waals surface area contributed by atoms with Crippen LogP contribution in [0.5, 0.6) is 0 Å². The molecule has 0 bridgehead atoms. The Hall–Kier alpha value is -1.65. The first-order valence-corrected chi connectivity index (χ1v) is 6.89. The van der Waals surface area contributed by atoms with Crippen molar-refractivity contribution in [3.05, 3.63) is 17.5 Å². The fraction of sp³-hybridized carbons (Fsp3) is 0.643. The lowest BCUT2D eigenvalue weighted by Gasteiger charge is -2.27. The van der Waals surface area contributed by atoms with E-state index >= 15 is 0 Å². The van der Waals surface area contributed by atoms with Crippen molar-refractivity contribution < 1.29 is 9.90 Å². The van der Waals surface area contributed by atoms with E-state index in [1.165, 1.54) is 44.7 Å². The van der Waals surface area contributed by atoms with Gasteiger partial charge in [-0.15, -0.1) is 0 Å². The molecule has 0 saturated heterocycles. The Labute approximate surface area is 113 Å². The van der Waals surface area contributed by atoms with Gasteiger partial charge < -0.3 is 10.0 Å². The summed E-state index contributed by atoms with van der Waals surface area (Å²) in [6.07, 6.45) is 8.86. The van der Waals surface area contributed by atoms with Gasteiger partial charge in [-0.05, 0) is 19.8 Å². The zero-order valence-corrected chi connectivity index (χ0v) is 11.6. The smallest absolute Gasteiger partial charge is 0.339 e. The van der Waals surface area contributed by atoms with Crippen LogP contribution in [-0.2, 0) is 0 Å². The van der Waals surface area contributed by atoms with Crippen molar-refractivity contribution in [2.24, 2.45) is 0 Å². The van der Waals surface area contributed by atoms with Gasteiger partial charge in [-0.2, -0.15) is 0 Å². The van der Waals surface area contributed by atoms with Crippen LogP contribution in [0.4, 0.5) is 5.95 Å². The highest BCUT2D eigenvalue weighted by atomic mass is 16.4. The number of hydrogen-bond acceptors (Lipinski definition) is 4. The van der Waals surface area contributed by atoms with Crippen molar-refractivity contribution in [3.63, 3.8) is 0 Å². The number of aryl methyl sites for hydroxylation is 1. The highest BCUT2D eigenvalue weighted by Crippen LogP contribution is 2.23. The summed E-state index contributed by atoms with van der Waals surface area (Å²) >= 11 is 0. The molecule has 0 spiro atoms. The zero-order chi connectivity index (χ0) is 13.8. The van der Waals surface area contributed by atoms with Crippen molar-refractivity contribution in [3.8, 4) is 0 Å². The molecule has 1 heterocycles. The molecular weight excluding hydrogens is 242 g/mol. The lowest BCUT2D eigenvalue weighted by atomic mass is 10.1. The van der Waals surface area contributed by atoms with E-state index in [0.29, 0.717) is 17.7 Å². The summed E-state index contributed by atoms with van der Waals surface area (Å²) in [5.74, 6) is -0.337. The summed E-state index contributed by atoms with van der Waals surface area (Å²) in [4.78, 5) is 21.6. The number of nitrogens with zero attached hydrogens (tertiary/aromatic N) is 3. The minimum atomic E-state index is -0.971. The van der Waals surface area contributed by atoms with Gasteiger partial charge in [0.05, 0.1) is 11.3 Å². The second-order valence-electron chi connectivity index (χ2n) is 5.23. The second-order valence-corrected chi connectivity index (χ2v) is 5.23. The van der Waals surface area contributed by atoms with Gasteiger partial charge in [-0.1, -0.05) is 25.7 Å². The maximum atomic E-state index is 11.0. The number of carboxylic acids is 1. The molecule has 0 unspecified atom stereocenters. The molecule has 5 nitrogen and oxygen atoms in total. The summed E-state index contributed by atoms with van der Waals surface area (Å²) < 4.78 is 0. The van der Waals surface area contributed by atoms with E-state index in [2.05, 4.69) is 14.9 Å². The Kier molecular flexibility index (Phi) is 4.35. The highest BCUT2D eigenvalue weighted by molar-refractivity contribution is 5.88. The first-order chi connectivity index (χ1) is 9.09. The van der Waals surface area contributed by atoms with Crippen LogP contribution in [0.3, 0.4) is 0 Å². The fourth-order valence-electron chi connectivity index (χ4n) is 2.64. The van der Waals surface area contributed by atoms with E-state index in [0.717, 1.165) is 0 Å². The van der Waals surface area contributed by atoms with Crippen LogP contribution in [0.1, 0.15) is 54.6 Å². The van der Waals surface area contributed by atoms with Crippen LogP contribution in [-0.4, -0.2) is 34.1 Å². The Balaban J connectivity index is 2.16. The predicted octanol–water partition coefficient (Wildman–Crippen LogP) is 2.64. The standard InChI is InChI=1S/C14H21N3O2/c1-10-12(13(18)19)9-15-14(16-10)17(2)11-7-5-3-4-6-8-11/h9,11H,3-8H2,1-2H3,(H,18,19). The third kappa shape index (κ3) is 3.22. The largest absolute Gasteiger partial charge is 0.478 e. The predicted molar refractivity (Wildman–Crippen MR) is 73.6 cm³/mol. The quantitative estimate of drug-likeness (QED) is 0.849. The average molecular weight is 263 g/mol. The lowest BCUT2D eigenvalue weighted by molar-refractivity contribution is 0.0695. The first-order valence-electron chi connectivity index (χ1n) is 6.89. The van der Waals surface area contributed by atoms with Crippen molar-refractivity contribution in [1.82, 2.24) is 9.97 Å². The number of hydrogen-bond donors (Lipinski definition) is 1. The molecular formula is C14H21N3O2. The Morgan fingerprint density at radius 1 is 1.32 bits per heavy atom. The lowest BCUT2D eigenvalue weighted by Crippen LogP contribution is -2.32. The average Bonchev–Trinajstić information content (AvgIpc) is 2.66. The first kappa shape index (κ1) is 13.8. The number of aromatic nitrogens is 2. The van der Waals surface area contributed by atoms with E-state index in [4.69, 9.17) is 5.11 Å². The molecule has 2 rings (SSSR count). The fourth-order valence-corrected chi connectivity index (χ4v) is 2.64. The molecule has 0 amide bonds. The minimum absolute atomic E-state index is 0.179. The number of aromatic carboxylic acids is 1. The molecule has 5 heteroatoms. The Morgan fingerprint density at radius 2 is 1.95 bits per heavy atom. The Morgan fingerprint density at radius 3 is 2.47 bits per heavy atom. The van der Waals surface area contributed by atoms with Crippen LogP contribution >= 0.6 is 0 Å². The molecule has 1 fully saturated rings. The van der Waals surface area contributed by atoms with Crippen molar-refractivity contribution in [2.45, 2.75) is 51.5 Å². The molecule has 1 aromatic rings. The maximum absolute atomic E-state index is 11.0. The van der Waals surface area contributed by atoms with Crippen LogP contribution in [0.25, 0.3) is 0 Å². The summed E-state index contributed by atoms with van der Waals surface area (Å²) in [7, 11) is 2.01. The third-order valence-corrected chi connectivity index (χ3v) is 3.88. The van der Waals surface area contributed by atoms with Crippen molar-refractivity contribution in [1.29, 1.82) is 0 Å². The molecule has 1 saturated carbocycles. The molecule has 1 aliphatic rings. The number of anilines is 1. The van der Waals surface area contributed by atoms with Gasteiger partial charge in [0.2, 0.25) is 5.95 Å². The van der Waals surface area contributed by atoms with Gasteiger partial charge in [0, 0.05) is 19.3 Å². The monoisotopic (exact) mass is 263 g/mol. The van der Waals surface area contributed by atoms with Crippen LogP contribution < -0.4 is 4.90 Å². The van der Waals surface area contributed by atoms with Crippen LogP contribution in [0, 0.1) is 6.92 Å². The van der Waals surface area contributed by atoms with Gasteiger partial charge in [0.25, 0.3) is 0 Å². The molecule has 19 heavy (non-hydrogen) atoms. The second kappa shape index (κ2) is 5.99. The van der Waals surface area contributed by atoms with Crippen LogP contribution in [0.2, 0.25) is 0 Å². The normalized spacial score (nSPS) is 16.9. The van der Waals surface area contributed by atoms with E-state index < -0.39 is 5.97 Å². The SMILES string of the molecule is Cc1nc(N(C)C2CCCCCC2)ncc1C(=O)O. The minimum Gasteiger partial charge on any atom is -0.478 e. The van der Waals surface area contributed by atoms with Crippen molar-refractivity contribution in [2.75, 3.05) is 11.9 Å². The molecule has 1 aromatic heterocycles. The molecule has 0 atom stereocenters. The van der Waals surface area contributed by atoms with Gasteiger partial charge in [0.1, 0.15) is 0 Å². The topological polar surface area (TPSA) is 66.3 Å². The number of carboxylic acid groups (broad SMARTS) is 1. The third-order valence-electron chi connectivity index (χ3n) is 3.88. The molecule has 0 aliphatic heterocycles. The van der Waals surface area contributed by atoms with Crippen LogP contribution in [0.15, 0.2) is 6.20 Å². The Bertz CT molecular complexity index is 454.